The Kier molecular flexibility index (Phi) is 9.23. The summed E-state index contributed by atoms with van der Waals surface area (Å²) in [5.74, 6) is -3.07. The van der Waals surface area contributed by atoms with Crippen molar-refractivity contribution in [2.45, 2.75) is 32.1 Å². The molecule has 0 radical (unpaired) electrons. The highest BCUT2D eigenvalue weighted by Gasteiger charge is 2.10. The first-order valence-corrected chi connectivity index (χ1v) is 6.27. The molecule has 1 fully saturated rings. The summed E-state index contributed by atoms with van der Waals surface area (Å²) in [5.41, 5.74) is -0.303. The van der Waals surface area contributed by atoms with Crippen molar-refractivity contribution in [3.63, 3.8) is 0 Å². The predicted molar refractivity (Wildman–Crippen MR) is 69.4 cm³/mol. The third kappa shape index (κ3) is 11.2. The van der Waals surface area contributed by atoms with Crippen LogP contribution in [-0.4, -0.2) is 47.3 Å². The Morgan fingerprint density at radius 2 is 1.43 bits per heavy atom. The molecule has 0 aromatic carbocycles. The standard InChI is InChI=1S/C8H12O4.C5H6O4/c9-7-3-4-8(10)12-6-2-1-5-11-7;1-3(5(8)9)2-4(6)7/h1-6H2;1-2H2,(H,6,7)(H,8,9). The van der Waals surface area contributed by atoms with Crippen molar-refractivity contribution in [1.82, 2.24) is 0 Å². The van der Waals surface area contributed by atoms with Gasteiger partial charge in [0.1, 0.15) is 0 Å². The van der Waals surface area contributed by atoms with E-state index in [1.807, 2.05) is 0 Å². The zero-order chi connectivity index (χ0) is 16.3. The van der Waals surface area contributed by atoms with E-state index in [4.69, 9.17) is 19.7 Å². The molecule has 1 rings (SSSR count). The molecule has 1 saturated heterocycles. The summed E-state index contributed by atoms with van der Waals surface area (Å²) in [4.78, 5) is 41.3. The van der Waals surface area contributed by atoms with E-state index in [-0.39, 0.29) is 30.4 Å². The number of carbonyl (C=O) groups is 4. The van der Waals surface area contributed by atoms with Gasteiger partial charge in [-0.25, -0.2) is 4.79 Å². The number of carboxylic acids is 2. The number of carbonyl (C=O) groups excluding carboxylic acids is 2. The number of cyclic esters (lactones) is 2. The molecule has 1 heterocycles. The van der Waals surface area contributed by atoms with Crippen LogP contribution in [0.5, 0.6) is 0 Å². The summed E-state index contributed by atoms with van der Waals surface area (Å²) < 4.78 is 9.64. The van der Waals surface area contributed by atoms with Gasteiger partial charge in [0.05, 0.1) is 32.5 Å². The fourth-order valence-electron chi connectivity index (χ4n) is 1.18. The van der Waals surface area contributed by atoms with Gasteiger partial charge in [0.25, 0.3) is 0 Å². The van der Waals surface area contributed by atoms with Crippen molar-refractivity contribution < 1.29 is 38.9 Å². The van der Waals surface area contributed by atoms with Gasteiger partial charge >= 0.3 is 23.9 Å². The van der Waals surface area contributed by atoms with E-state index < -0.39 is 18.4 Å². The molecule has 0 aliphatic carbocycles. The fraction of sp³-hybridized carbons (Fsp3) is 0.538. The zero-order valence-corrected chi connectivity index (χ0v) is 11.5. The van der Waals surface area contributed by atoms with Gasteiger partial charge in [-0.05, 0) is 12.8 Å². The van der Waals surface area contributed by atoms with Gasteiger partial charge in [-0.15, -0.1) is 0 Å². The third-order valence-corrected chi connectivity index (χ3v) is 2.27. The lowest BCUT2D eigenvalue weighted by molar-refractivity contribution is -0.152. The Labute approximate surface area is 121 Å². The van der Waals surface area contributed by atoms with Gasteiger partial charge in [0.15, 0.2) is 0 Å². The molecule has 2 N–H and O–H groups in total. The Hall–Kier alpha value is -2.38. The molecule has 0 atom stereocenters. The molecule has 0 bridgehead atoms. The van der Waals surface area contributed by atoms with Crippen LogP contribution in [0.15, 0.2) is 12.2 Å². The van der Waals surface area contributed by atoms with Gasteiger partial charge in [-0.2, -0.15) is 0 Å². The Bertz CT molecular complexity index is 392. The molecule has 118 valence electrons. The van der Waals surface area contributed by atoms with Crippen LogP contribution in [0, 0.1) is 0 Å². The smallest absolute Gasteiger partial charge is 0.331 e. The minimum absolute atomic E-state index is 0.138. The van der Waals surface area contributed by atoms with Gasteiger partial charge in [0.2, 0.25) is 0 Å². The maximum absolute atomic E-state index is 10.8. The summed E-state index contributed by atoms with van der Waals surface area (Å²) in [5, 5.41) is 16.1. The van der Waals surface area contributed by atoms with Crippen molar-refractivity contribution in [1.29, 1.82) is 0 Å². The molecule has 1 aliphatic rings. The van der Waals surface area contributed by atoms with E-state index in [0.717, 1.165) is 12.8 Å². The summed E-state index contributed by atoms with van der Waals surface area (Å²) in [6.45, 7) is 3.90. The molecule has 0 unspecified atom stereocenters. The van der Waals surface area contributed by atoms with E-state index in [9.17, 15) is 19.2 Å². The van der Waals surface area contributed by atoms with Crippen LogP contribution < -0.4 is 0 Å². The molecule has 0 amide bonds. The SMILES string of the molecule is C=C(CC(=O)O)C(=O)O.O=C1CCC(=O)OCCCCO1. The number of ether oxygens (including phenoxy) is 2. The Balaban J connectivity index is 0.000000400. The lowest BCUT2D eigenvalue weighted by atomic mass is 10.2. The van der Waals surface area contributed by atoms with E-state index in [1.54, 1.807) is 0 Å². The van der Waals surface area contributed by atoms with Gasteiger partial charge in [0, 0.05) is 5.57 Å². The van der Waals surface area contributed by atoms with Crippen LogP contribution in [0.1, 0.15) is 32.1 Å². The molecule has 0 spiro atoms. The Morgan fingerprint density at radius 1 is 1.00 bits per heavy atom. The summed E-state index contributed by atoms with van der Waals surface area (Å²) in [6.07, 6.45) is 1.30. The lowest BCUT2D eigenvalue weighted by Crippen LogP contribution is -2.14. The number of aliphatic carboxylic acids is 2. The van der Waals surface area contributed by atoms with E-state index in [1.165, 1.54) is 0 Å². The van der Waals surface area contributed by atoms with E-state index in [0.29, 0.717) is 13.2 Å². The second-order valence-electron chi connectivity index (χ2n) is 4.13. The number of rotatable bonds is 3. The van der Waals surface area contributed by atoms with Crippen LogP contribution in [0.2, 0.25) is 0 Å². The lowest BCUT2D eigenvalue weighted by Gasteiger charge is -2.08. The molecule has 1 aliphatic heterocycles. The maximum Gasteiger partial charge on any atom is 0.331 e. The number of carboxylic acid groups (broad SMARTS) is 2. The summed E-state index contributed by atoms with van der Waals surface area (Å²) >= 11 is 0. The third-order valence-electron chi connectivity index (χ3n) is 2.27. The highest BCUT2D eigenvalue weighted by atomic mass is 16.5. The first kappa shape index (κ1) is 18.6. The minimum atomic E-state index is -1.27. The molecular formula is C13H18O8. The Morgan fingerprint density at radius 3 is 1.71 bits per heavy atom. The van der Waals surface area contributed by atoms with Crippen molar-refractivity contribution >= 4 is 23.9 Å². The first-order valence-electron chi connectivity index (χ1n) is 6.27. The second-order valence-corrected chi connectivity index (χ2v) is 4.13. The van der Waals surface area contributed by atoms with Crippen molar-refractivity contribution in [2.75, 3.05) is 13.2 Å². The molecule has 0 saturated carbocycles. The highest BCUT2D eigenvalue weighted by Crippen LogP contribution is 2.02. The van der Waals surface area contributed by atoms with E-state index >= 15 is 0 Å². The highest BCUT2D eigenvalue weighted by molar-refractivity contribution is 5.91. The van der Waals surface area contributed by atoms with Gasteiger partial charge in [-0.3, -0.25) is 14.4 Å². The van der Waals surface area contributed by atoms with Crippen LogP contribution in [0.3, 0.4) is 0 Å². The fourth-order valence-corrected chi connectivity index (χ4v) is 1.18. The largest absolute Gasteiger partial charge is 0.481 e. The monoisotopic (exact) mass is 302 g/mol. The molecule has 21 heavy (non-hydrogen) atoms. The maximum atomic E-state index is 10.8. The number of esters is 2. The zero-order valence-electron chi connectivity index (χ0n) is 11.5. The first-order chi connectivity index (χ1) is 9.82. The summed E-state index contributed by atoms with van der Waals surface area (Å²) in [7, 11) is 0. The van der Waals surface area contributed by atoms with Crippen LogP contribution in [-0.2, 0) is 28.7 Å². The average molecular weight is 302 g/mol. The van der Waals surface area contributed by atoms with Crippen molar-refractivity contribution in [3.05, 3.63) is 12.2 Å². The van der Waals surface area contributed by atoms with Crippen LogP contribution >= 0.6 is 0 Å². The van der Waals surface area contributed by atoms with Gasteiger partial charge < -0.3 is 19.7 Å². The minimum Gasteiger partial charge on any atom is -0.481 e. The van der Waals surface area contributed by atoms with Crippen molar-refractivity contribution in [3.8, 4) is 0 Å². The van der Waals surface area contributed by atoms with Crippen LogP contribution in [0.25, 0.3) is 0 Å². The number of hydrogen-bond acceptors (Lipinski definition) is 6. The van der Waals surface area contributed by atoms with Crippen LogP contribution in [0.4, 0.5) is 0 Å². The second kappa shape index (κ2) is 10.4. The quantitative estimate of drug-likeness (QED) is 0.577. The molecular weight excluding hydrogens is 284 g/mol. The molecule has 0 aromatic heterocycles. The predicted octanol–water partition coefficient (Wildman–Crippen LogP) is 0.749. The normalized spacial score (nSPS) is 15.6. The average Bonchev–Trinajstić information content (AvgIpc) is 2.40. The van der Waals surface area contributed by atoms with Crippen molar-refractivity contribution in [2.24, 2.45) is 0 Å². The van der Waals surface area contributed by atoms with E-state index in [2.05, 4.69) is 6.58 Å². The number of hydrogen-bond donors (Lipinski definition) is 2. The topological polar surface area (TPSA) is 127 Å². The molecule has 8 nitrogen and oxygen atoms in total. The molecule has 0 aromatic rings. The van der Waals surface area contributed by atoms with Gasteiger partial charge in [-0.1, -0.05) is 6.58 Å². The summed E-state index contributed by atoms with van der Waals surface area (Å²) in [6, 6.07) is 0. The molecule has 8 heteroatoms.